The van der Waals surface area contributed by atoms with Gasteiger partial charge in [0.1, 0.15) is 30.5 Å². The van der Waals surface area contributed by atoms with Gasteiger partial charge in [-0.2, -0.15) is 0 Å². The molecule has 0 spiro atoms. The molecule has 3 aromatic heterocycles. The number of fused-ring (bicyclic) bond motifs is 2. The molecule has 4 aromatic rings. The quantitative estimate of drug-likeness (QED) is 0.495. The summed E-state index contributed by atoms with van der Waals surface area (Å²) in [6, 6.07) is 3.57. The van der Waals surface area contributed by atoms with E-state index in [4.69, 9.17) is 9.47 Å². The van der Waals surface area contributed by atoms with Crippen LogP contribution in [0.5, 0.6) is 11.5 Å². The van der Waals surface area contributed by atoms with Crippen LogP contribution in [0.1, 0.15) is 23.0 Å². The van der Waals surface area contributed by atoms with Gasteiger partial charge in [-0.15, -0.1) is 5.10 Å². The average Bonchev–Trinajstić information content (AvgIpc) is 3.39. The van der Waals surface area contributed by atoms with Crippen LogP contribution in [0.25, 0.3) is 10.9 Å². The highest BCUT2D eigenvalue weighted by atomic mass is 16.5. The topological polar surface area (TPSA) is 130 Å². The monoisotopic (exact) mass is 418 g/mol. The summed E-state index contributed by atoms with van der Waals surface area (Å²) < 4.78 is 13.1. The molecule has 1 aliphatic heterocycles. The molecule has 0 saturated heterocycles. The van der Waals surface area contributed by atoms with Crippen molar-refractivity contribution in [3.63, 3.8) is 0 Å². The van der Waals surface area contributed by atoms with Crippen LogP contribution in [0, 0.1) is 6.92 Å². The Bertz CT molecular complexity index is 1280. The van der Waals surface area contributed by atoms with Crippen molar-refractivity contribution >= 4 is 22.6 Å². The SMILES string of the molecule is COc1cc2c(C3C(=O)Nc4nc(C)ncc43)ncnc2cc1OCCn1ccnn1. The molecule has 0 bridgehead atoms. The normalized spacial score (nSPS) is 15.0. The van der Waals surface area contributed by atoms with E-state index in [1.54, 1.807) is 49.4 Å². The summed E-state index contributed by atoms with van der Waals surface area (Å²) >= 11 is 0. The fourth-order valence-corrected chi connectivity index (χ4v) is 3.58. The molecule has 1 unspecified atom stereocenters. The molecule has 0 radical (unpaired) electrons. The molecule has 5 rings (SSSR count). The third kappa shape index (κ3) is 3.39. The summed E-state index contributed by atoms with van der Waals surface area (Å²) in [6.45, 7) is 2.68. The number of carbonyl (C=O) groups is 1. The van der Waals surface area contributed by atoms with Gasteiger partial charge in [-0.3, -0.25) is 4.79 Å². The second-order valence-corrected chi connectivity index (χ2v) is 6.94. The van der Waals surface area contributed by atoms with Gasteiger partial charge >= 0.3 is 0 Å². The summed E-state index contributed by atoms with van der Waals surface area (Å²) in [5, 5.41) is 11.2. The first-order chi connectivity index (χ1) is 15.1. The minimum atomic E-state index is -0.634. The zero-order valence-corrected chi connectivity index (χ0v) is 16.8. The molecule has 11 heteroatoms. The molecule has 0 fully saturated rings. The molecule has 31 heavy (non-hydrogen) atoms. The first-order valence-corrected chi connectivity index (χ1v) is 9.58. The number of rotatable bonds is 6. The largest absolute Gasteiger partial charge is 0.493 e. The van der Waals surface area contributed by atoms with Crippen molar-refractivity contribution in [2.45, 2.75) is 19.4 Å². The van der Waals surface area contributed by atoms with Crippen molar-refractivity contribution in [1.29, 1.82) is 0 Å². The molecule has 11 nitrogen and oxygen atoms in total. The van der Waals surface area contributed by atoms with Gasteiger partial charge in [0.15, 0.2) is 11.5 Å². The molecule has 1 aliphatic rings. The lowest BCUT2D eigenvalue weighted by Crippen LogP contribution is -2.15. The molecule has 156 valence electrons. The minimum absolute atomic E-state index is 0.206. The third-order valence-corrected chi connectivity index (χ3v) is 5.03. The van der Waals surface area contributed by atoms with Crippen LogP contribution in [0.15, 0.2) is 37.1 Å². The van der Waals surface area contributed by atoms with E-state index in [0.29, 0.717) is 58.5 Å². The number of carbonyl (C=O) groups excluding carboxylic acids is 1. The van der Waals surface area contributed by atoms with Gasteiger partial charge in [-0.05, 0) is 13.0 Å². The van der Waals surface area contributed by atoms with Crippen molar-refractivity contribution in [2.75, 3.05) is 19.0 Å². The number of amides is 1. The van der Waals surface area contributed by atoms with Crippen LogP contribution in [0.2, 0.25) is 0 Å². The summed E-state index contributed by atoms with van der Waals surface area (Å²) in [6.07, 6.45) is 6.46. The van der Waals surface area contributed by atoms with Gasteiger partial charge in [-0.25, -0.2) is 24.6 Å². The number of anilines is 1. The molecule has 4 heterocycles. The van der Waals surface area contributed by atoms with Gasteiger partial charge in [0.05, 0.1) is 31.1 Å². The van der Waals surface area contributed by atoms with E-state index in [1.807, 2.05) is 0 Å². The number of nitrogens with zero attached hydrogens (tertiary/aromatic N) is 7. The van der Waals surface area contributed by atoms with Gasteiger partial charge in [0.2, 0.25) is 5.91 Å². The maximum Gasteiger partial charge on any atom is 0.239 e. The highest BCUT2D eigenvalue weighted by Gasteiger charge is 2.36. The zero-order chi connectivity index (χ0) is 21.4. The summed E-state index contributed by atoms with van der Waals surface area (Å²) in [7, 11) is 1.56. The van der Waals surface area contributed by atoms with Gasteiger partial charge in [-0.1, -0.05) is 5.21 Å². The highest BCUT2D eigenvalue weighted by Crippen LogP contribution is 2.39. The van der Waals surface area contributed by atoms with Gasteiger partial charge < -0.3 is 14.8 Å². The van der Waals surface area contributed by atoms with Crippen LogP contribution >= 0.6 is 0 Å². The molecule has 1 amide bonds. The fourth-order valence-electron chi connectivity index (χ4n) is 3.58. The Kier molecular flexibility index (Phi) is 4.62. The first-order valence-electron chi connectivity index (χ1n) is 9.58. The number of hydrogen-bond acceptors (Lipinski definition) is 9. The fraction of sp³-hybridized carbons (Fsp3) is 0.250. The van der Waals surface area contributed by atoms with Crippen molar-refractivity contribution in [1.82, 2.24) is 34.9 Å². The molecule has 1 aromatic carbocycles. The Morgan fingerprint density at radius 1 is 1.19 bits per heavy atom. The Labute approximate surface area is 176 Å². The average molecular weight is 418 g/mol. The van der Waals surface area contributed by atoms with Crippen molar-refractivity contribution in [3.05, 3.63) is 54.1 Å². The van der Waals surface area contributed by atoms with Crippen molar-refractivity contribution < 1.29 is 14.3 Å². The van der Waals surface area contributed by atoms with Crippen molar-refractivity contribution in [3.8, 4) is 11.5 Å². The van der Waals surface area contributed by atoms with Gasteiger partial charge in [0, 0.05) is 29.4 Å². The van der Waals surface area contributed by atoms with Crippen LogP contribution in [0.3, 0.4) is 0 Å². The Morgan fingerprint density at radius 3 is 2.90 bits per heavy atom. The maximum absolute atomic E-state index is 12.8. The van der Waals surface area contributed by atoms with Crippen LogP contribution < -0.4 is 14.8 Å². The van der Waals surface area contributed by atoms with E-state index < -0.39 is 5.92 Å². The second kappa shape index (κ2) is 7.59. The summed E-state index contributed by atoms with van der Waals surface area (Å²) in [5.74, 6) is 1.30. The van der Waals surface area contributed by atoms with Gasteiger partial charge in [0.25, 0.3) is 0 Å². The summed E-state index contributed by atoms with van der Waals surface area (Å²) in [4.78, 5) is 30.1. The Morgan fingerprint density at radius 2 is 2.10 bits per heavy atom. The van der Waals surface area contributed by atoms with E-state index in [-0.39, 0.29) is 5.91 Å². The first kappa shape index (κ1) is 18.9. The zero-order valence-electron chi connectivity index (χ0n) is 16.8. The van der Waals surface area contributed by atoms with Crippen LogP contribution in [0.4, 0.5) is 5.82 Å². The Balaban J connectivity index is 1.52. The number of hydrogen-bond donors (Lipinski definition) is 1. The number of benzene rings is 1. The molecular weight excluding hydrogens is 400 g/mol. The number of nitrogens with one attached hydrogen (secondary N) is 1. The molecule has 1 N–H and O–H groups in total. The standard InChI is InChI=1S/C20H18N8O3/c1-11-21-9-13-17(20(29)26-19(13)25-11)18-12-7-15(30-2)16(8-14(12)22-10-23-18)31-6-5-28-4-3-24-27-28/h3-4,7-10,17H,5-6H2,1-2H3,(H,21,25,26,29). The van der Waals surface area contributed by atoms with E-state index in [2.05, 4.69) is 35.6 Å². The van der Waals surface area contributed by atoms with E-state index in [1.165, 1.54) is 6.33 Å². The molecule has 0 saturated carbocycles. The van der Waals surface area contributed by atoms with Crippen molar-refractivity contribution in [2.24, 2.45) is 0 Å². The lowest BCUT2D eigenvalue weighted by molar-refractivity contribution is -0.116. The predicted molar refractivity (Wildman–Crippen MR) is 109 cm³/mol. The lowest BCUT2D eigenvalue weighted by Gasteiger charge is -2.15. The van der Waals surface area contributed by atoms with Crippen LogP contribution in [-0.2, 0) is 11.3 Å². The molecule has 0 aliphatic carbocycles. The number of aryl methyl sites for hydroxylation is 1. The highest BCUT2D eigenvalue weighted by molar-refractivity contribution is 6.05. The molecule has 1 atom stereocenters. The van der Waals surface area contributed by atoms with Crippen LogP contribution in [-0.4, -0.2) is 54.6 Å². The number of methoxy groups -OCH3 is 1. The smallest absolute Gasteiger partial charge is 0.239 e. The lowest BCUT2D eigenvalue weighted by atomic mass is 9.96. The number of aromatic nitrogens is 7. The predicted octanol–water partition coefficient (Wildman–Crippen LogP) is 1.49. The third-order valence-electron chi connectivity index (χ3n) is 5.03. The minimum Gasteiger partial charge on any atom is -0.493 e. The van der Waals surface area contributed by atoms with E-state index in [0.717, 1.165) is 0 Å². The Hall–Kier alpha value is -4.15. The molecular formula is C20H18N8O3. The maximum atomic E-state index is 12.8. The van der Waals surface area contributed by atoms with E-state index >= 15 is 0 Å². The van der Waals surface area contributed by atoms with E-state index in [9.17, 15) is 4.79 Å². The second-order valence-electron chi connectivity index (χ2n) is 6.94. The summed E-state index contributed by atoms with van der Waals surface area (Å²) in [5.41, 5.74) is 1.87. The number of ether oxygens (including phenoxy) is 2.